The first-order valence-corrected chi connectivity index (χ1v) is 18.0. The molecule has 6 unspecified atom stereocenters. The zero-order chi connectivity index (χ0) is 36.1. The zero-order valence-electron chi connectivity index (χ0n) is 27.7. The van der Waals surface area contributed by atoms with E-state index in [4.69, 9.17) is 27.9 Å². The van der Waals surface area contributed by atoms with Gasteiger partial charge in [-0.15, -0.1) is 23.2 Å². The smallest absolute Gasteiger partial charge is 0.258 e. The number of hydrogen-bond donors (Lipinski definition) is 1. The molecule has 9 nitrogen and oxygen atoms in total. The van der Waals surface area contributed by atoms with Crippen molar-refractivity contribution in [1.82, 2.24) is 0 Å². The summed E-state index contributed by atoms with van der Waals surface area (Å²) in [4.78, 5) is 58.0. The summed E-state index contributed by atoms with van der Waals surface area (Å²) in [6.07, 6.45) is 1.79. The van der Waals surface area contributed by atoms with Gasteiger partial charge >= 0.3 is 0 Å². The molecule has 12 heteroatoms. The minimum atomic E-state index is -2.17. The van der Waals surface area contributed by atoms with Gasteiger partial charge in [0.2, 0.25) is 11.8 Å². The predicted molar refractivity (Wildman–Crippen MR) is 194 cm³/mol. The molecule has 5 aliphatic rings. The third-order valence-electron chi connectivity index (χ3n) is 11.6. The molecule has 4 amide bonds. The monoisotopic (exact) mass is 739 g/mol. The topological polar surface area (TPSA) is 107 Å². The van der Waals surface area contributed by atoms with E-state index in [0.717, 1.165) is 41.2 Å². The number of morpholine rings is 1. The molecule has 0 radical (unpaired) electrons. The number of benzene rings is 4. The lowest BCUT2D eigenvalue weighted by molar-refractivity contribution is -0.125. The van der Waals surface area contributed by atoms with Crippen LogP contribution >= 0.6 is 23.2 Å². The van der Waals surface area contributed by atoms with Gasteiger partial charge in [0, 0.05) is 30.3 Å². The van der Waals surface area contributed by atoms with Crippen molar-refractivity contribution < 1.29 is 33.4 Å². The molecule has 1 N–H and O–H groups in total. The van der Waals surface area contributed by atoms with Crippen molar-refractivity contribution >= 4 is 74.7 Å². The van der Waals surface area contributed by atoms with Gasteiger partial charge in [-0.1, -0.05) is 42.0 Å². The lowest BCUT2D eigenvalue weighted by Gasteiger charge is -2.51. The maximum Gasteiger partial charge on any atom is 0.258 e. The number of phenols is 1. The second-order valence-corrected chi connectivity index (χ2v) is 15.3. The molecule has 9 rings (SSSR count). The lowest BCUT2D eigenvalue weighted by Crippen LogP contribution is -2.60. The molecule has 0 spiro atoms. The molecule has 0 aromatic heterocycles. The molecule has 52 heavy (non-hydrogen) atoms. The number of nitrogens with zero attached hydrogens (tertiary/aromatic N) is 3. The Labute approximate surface area is 308 Å². The van der Waals surface area contributed by atoms with Crippen LogP contribution < -0.4 is 14.7 Å². The van der Waals surface area contributed by atoms with E-state index in [1.54, 1.807) is 30.3 Å². The fourth-order valence-corrected chi connectivity index (χ4v) is 10.1. The van der Waals surface area contributed by atoms with E-state index in [2.05, 4.69) is 4.90 Å². The van der Waals surface area contributed by atoms with Crippen LogP contribution in [0.15, 0.2) is 96.6 Å². The van der Waals surface area contributed by atoms with Crippen LogP contribution in [0.3, 0.4) is 0 Å². The number of imide groups is 2. The number of carbonyl (C=O) groups excluding carboxylic acids is 4. The third kappa shape index (κ3) is 4.50. The van der Waals surface area contributed by atoms with E-state index < -0.39 is 57.0 Å². The number of phenolic OH excluding ortho intramolecular Hbond substituents is 1. The van der Waals surface area contributed by atoms with Crippen molar-refractivity contribution in [3.8, 4) is 5.75 Å². The molecule has 3 saturated heterocycles. The number of alkyl halides is 2. The van der Waals surface area contributed by atoms with Gasteiger partial charge in [-0.2, -0.15) is 0 Å². The molecule has 264 valence electrons. The van der Waals surface area contributed by atoms with Gasteiger partial charge in [-0.05, 0) is 84.1 Å². The zero-order valence-corrected chi connectivity index (χ0v) is 29.2. The molecule has 0 bridgehead atoms. The Morgan fingerprint density at radius 3 is 2.13 bits per heavy atom. The molecule has 3 aliphatic heterocycles. The normalized spacial score (nSPS) is 30.1. The molecule has 4 aromatic carbocycles. The Morgan fingerprint density at radius 1 is 0.750 bits per heavy atom. The summed E-state index contributed by atoms with van der Waals surface area (Å²) in [5, 5.41) is 12.9. The molecular formula is C40H32Cl2FN3O6. The number of halogens is 3. The highest BCUT2D eigenvalue weighted by Gasteiger charge is 2.77. The first kappa shape index (κ1) is 33.1. The van der Waals surface area contributed by atoms with E-state index in [9.17, 15) is 28.7 Å². The standard InChI is InChI=1S/C40H32Cl2FN3O6/c41-39-21-30-28(14-15-29-32(30)36(49)45(35(29)48)25-12-10-24(11-13-25)44-17-19-52-20-18-44)34(33-27-4-2-1-3-22(27)5-16-31(33)47)40(39,42)38(51)46(37(39)50)26-8-6-23(43)7-9-26/h1-14,16,29-30,32,34,47H,15,17-21H2. The first-order chi connectivity index (χ1) is 25.0. The fourth-order valence-electron chi connectivity index (χ4n) is 9.19. The average molecular weight is 741 g/mol. The minimum Gasteiger partial charge on any atom is -0.508 e. The quantitative estimate of drug-likeness (QED) is 0.149. The molecule has 4 fully saturated rings. The molecule has 3 heterocycles. The van der Waals surface area contributed by atoms with Gasteiger partial charge in [0.1, 0.15) is 11.6 Å². The van der Waals surface area contributed by atoms with Crippen LogP contribution in [0.4, 0.5) is 21.5 Å². The molecular weight excluding hydrogens is 708 g/mol. The Hall–Kier alpha value is -4.77. The fraction of sp³-hybridized carbons (Fsp3) is 0.300. The van der Waals surface area contributed by atoms with Crippen LogP contribution in [-0.2, 0) is 23.9 Å². The van der Waals surface area contributed by atoms with Gasteiger partial charge in [0.25, 0.3) is 11.8 Å². The number of hydrogen-bond acceptors (Lipinski definition) is 7. The summed E-state index contributed by atoms with van der Waals surface area (Å²) in [5.41, 5.74) is 2.33. The van der Waals surface area contributed by atoms with E-state index in [1.807, 2.05) is 30.3 Å². The summed E-state index contributed by atoms with van der Waals surface area (Å²) in [7, 11) is 0. The van der Waals surface area contributed by atoms with E-state index in [0.29, 0.717) is 35.4 Å². The molecule has 4 aromatic rings. The van der Waals surface area contributed by atoms with Crippen molar-refractivity contribution in [2.24, 2.45) is 17.8 Å². The number of allylic oxidation sites excluding steroid dienone is 2. The maximum absolute atomic E-state index is 14.7. The number of amides is 4. The van der Waals surface area contributed by atoms with Crippen LogP contribution in [-0.4, -0.2) is 64.8 Å². The predicted octanol–water partition coefficient (Wildman–Crippen LogP) is 6.29. The van der Waals surface area contributed by atoms with E-state index in [-0.39, 0.29) is 30.2 Å². The minimum absolute atomic E-state index is 0.0837. The Bertz CT molecular complexity index is 2220. The van der Waals surface area contributed by atoms with Crippen molar-refractivity contribution in [3.63, 3.8) is 0 Å². The van der Waals surface area contributed by atoms with Crippen molar-refractivity contribution in [2.75, 3.05) is 41.0 Å². The van der Waals surface area contributed by atoms with E-state index >= 15 is 0 Å². The third-order valence-corrected chi connectivity index (χ3v) is 13.0. The Morgan fingerprint density at radius 2 is 1.40 bits per heavy atom. The highest BCUT2D eigenvalue weighted by molar-refractivity contribution is 6.58. The lowest BCUT2D eigenvalue weighted by atomic mass is 9.56. The summed E-state index contributed by atoms with van der Waals surface area (Å²) in [6, 6.07) is 22.7. The van der Waals surface area contributed by atoms with Crippen LogP contribution in [0, 0.1) is 23.6 Å². The number of rotatable bonds is 4. The van der Waals surface area contributed by atoms with Crippen LogP contribution in [0.2, 0.25) is 0 Å². The number of aromatic hydroxyl groups is 1. The van der Waals surface area contributed by atoms with Crippen LogP contribution in [0.5, 0.6) is 5.75 Å². The molecule has 1 saturated carbocycles. The average Bonchev–Trinajstić information content (AvgIpc) is 3.50. The number of fused-ring (bicyclic) bond motifs is 5. The first-order valence-electron chi connectivity index (χ1n) is 17.3. The Balaban J connectivity index is 1.18. The summed E-state index contributed by atoms with van der Waals surface area (Å²) in [5.74, 6) is -6.78. The van der Waals surface area contributed by atoms with Gasteiger partial charge in [0.15, 0.2) is 9.75 Å². The van der Waals surface area contributed by atoms with Gasteiger partial charge in [-0.3, -0.25) is 24.1 Å². The molecule has 2 aliphatic carbocycles. The van der Waals surface area contributed by atoms with Gasteiger partial charge < -0.3 is 14.7 Å². The maximum atomic E-state index is 14.7. The Kier molecular flexibility index (Phi) is 7.56. The van der Waals surface area contributed by atoms with Crippen molar-refractivity contribution in [3.05, 3.63) is 108 Å². The van der Waals surface area contributed by atoms with Crippen molar-refractivity contribution in [2.45, 2.75) is 28.5 Å². The SMILES string of the molecule is O=C1C2CC=C3C(CC4(Cl)C(=O)N(c5ccc(F)cc5)C(=O)C4(Cl)C3c3c(O)ccc4ccccc34)C2C(=O)N1c1ccc(N2CCOCC2)cc1. The van der Waals surface area contributed by atoms with E-state index in [1.165, 1.54) is 23.1 Å². The molecule has 6 atom stereocenters. The largest absolute Gasteiger partial charge is 0.508 e. The number of carbonyl (C=O) groups is 4. The summed E-state index contributed by atoms with van der Waals surface area (Å²) >= 11 is 15.1. The second kappa shape index (κ2) is 11.9. The van der Waals surface area contributed by atoms with Gasteiger partial charge in [0.05, 0.1) is 36.4 Å². The summed E-state index contributed by atoms with van der Waals surface area (Å²) in [6.45, 7) is 2.70. The number of ether oxygens (including phenoxy) is 1. The highest BCUT2D eigenvalue weighted by Crippen LogP contribution is 2.67. The van der Waals surface area contributed by atoms with Gasteiger partial charge in [-0.25, -0.2) is 9.29 Å². The van der Waals surface area contributed by atoms with Crippen LogP contribution in [0.1, 0.15) is 24.3 Å². The van der Waals surface area contributed by atoms with Crippen molar-refractivity contribution in [1.29, 1.82) is 0 Å². The number of anilines is 3. The summed E-state index contributed by atoms with van der Waals surface area (Å²) < 4.78 is 19.5. The highest BCUT2D eigenvalue weighted by atomic mass is 35.5. The van der Waals surface area contributed by atoms with Crippen LogP contribution in [0.25, 0.3) is 10.8 Å². The second-order valence-electron chi connectivity index (χ2n) is 14.1.